The van der Waals surface area contributed by atoms with Crippen LogP contribution in [-0.4, -0.2) is 72.5 Å². The van der Waals surface area contributed by atoms with Crippen molar-refractivity contribution in [3.63, 3.8) is 0 Å². The number of hydrogen-bond acceptors (Lipinski definition) is 7. The van der Waals surface area contributed by atoms with Crippen molar-refractivity contribution >= 4 is 23.3 Å². The normalized spacial score (nSPS) is 17.7. The molecule has 3 amide bonds. The molecule has 0 spiro atoms. The lowest BCUT2D eigenvalue weighted by Crippen LogP contribution is -2.49. The Hall–Kier alpha value is -5.06. The third kappa shape index (κ3) is 7.51. The largest absolute Gasteiger partial charge is 0.488 e. The summed E-state index contributed by atoms with van der Waals surface area (Å²) in [6.07, 6.45) is -0.239. The van der Waals surface area contributed by atoms with Gasteiger partial charge in [0.25, 0.3) is 5.91 Å². The molecule has 47 heavy (non-hydrogen) atoms. The summed E-state index contributed by atoms with van der Waals surface area (Å²) in [5.41, 5.74) is 4.83. The summed E-state index contributed by atoms with van der Waals surface area (Å²) in [6, 6.07) is 28.2. The van der Waals surface area contributed by atoms with Crippen molar-refractivity contribution in [1.29, 1.82) is 0 Å². The number of benzene rings is 4. The maximum atomic E-state index is 13.8. The summed E-state index contributed by atoms with van der Waals surface area (Å²) in [7, 11) is 2.06. The number of amides is 3. The second-order valence-electron chi connectivity index (χ2n) is 12.2. The number of likely N-dealkylation sites (N-methyl/N-ethyl adjacent to an activating group) is 1. The summed E-state index contributed by atoms with van der Waals surface area (Å²) in [5.74, 6) is 1.33. The zero-order valence-electron chi connectivity index (χ0n) is 26.8. The molecule has 4 aromatic carbocycles. The molecule has 2 aliphatic heterocycles. The van der Waals surface area contributed by atoms with E-state index >= 15 is 0 Å². The number of rotatable bonds is 9. The maximum Gasteiger partial charge on any atom is 0.323 e. The number of anilines is 2. The number of urea groups is 1. The standard InChI is InChI=1S/C37H40N4O6/c1-24-19-41(25(2)22-42)36(43)31-17-29(38-37(44)39-30-14-16-33-34(18-30)46-23-45-33)13-15-32(31)47-35(24)21-40(3)20-26-9-11-28(12-10-26)27-7-5-4-6-8-27/h4-18,24-25,35,42H,19-23H2,1-3H3,(H2,38,39,44)/t24-,25-,35+/m0/s1. The fraction of sp³-hybridized carbons (Fsp3) is 0.297. The fourth-order valence-electron chi connectivity index (χ4n) is 5.90. The molecular weight excluding hydrogens is 596 g/mol. The number of nitrogens with one attached hydrogen (secondary N) is 2. The van der Waals surface area contributed by atoms with Gasteiger partial charge in [-0.2, -0.15) is 0 Å². The van der Waals surface area contributed by atoms with Crippen LogP contribution >= 0.6 is 0 Å². The van der Waals surface area contributed by atoms with Gasteiger partial charge in [-0.25, -0.2) is 4.79 Å². The number of aliphatic hydroxyl groups excluding tert-OH is 1. The summed E-state index contributed by atoms with van der Waals surface area (Å²) >= 11 is 0. The third-order valence-electron chi connectivity index (χ3n) is 8.56. The van der Waals surface area contributed by atoms with Crippen LogP contribution in [0.2, 0.25) is 0 Å². The van der Waals surface area contributed by atoms with E-state index < -0.39 is 12.1 Å². The van der Waals surface area contributed by atoms with Crippen LogP contribution in [0.5, 0.6) is 17.2 Å². The van der Waals surface area contributed by atoms with Gasteiger partial charge in [0, 0.05) is 43.0 Å². The van der Waals surface area contributed by atoms with E-state index in [4.69, 9.17) is 14.2 Å². The molecule has 3 atom stereocenters. The van der Waals surface area contributed by atoms with Crippen molar-refractivity contribution in [3.8, 4) is 28.4 Å². The van der Waals surface area contributed by atoms with Gasteiger partial charge in [-0.05, 0) is 61.0 Å². The lowest BCUT2D eigenvalue weighted by molar-refractivity contribution is 0.0341. The summed E-state index contributed by atoms with van der Waals surface area (Å²) in [4.78, 5) is 30.6. The van der Waals surface area contributed by atoms with Gasteiger partial charge in [-0.1, -0.05) is 61.5 Å². The van der Waals surface area contributed by atoms with Crippen LogP contribution in [0.25, 0.3) is 11.1 Å². The van der Waals surface area contributed by atoms with E-state index in [9.17, 15) is 14.7 Å². The van der Waals surface area contributed by atoms with Crippen LogP contribution in [-0.2, 0) is 6.54 Å². The van der Waals surface area contributed by atoms with E-state index in [0.29, 0.717) is 47.3 Å². The van der Waals surface area contributed by atoms with Gasteiger partial charge in [0.15, 0.2) is 11.5 Å². The van der Waals surface area contributed by atoms with E-state index in [1.54, 1.807) is 41.3 Å². The Morgan fingerprint density at radius 1 is 0.915 bits per heavy atom. The Labute approximate surface area is 274 Å². The lowest BCUT2D eigenvalue weighted by atomic mass is 9.99. The highest BCUT2D eigenvalue weighted by Crippen LogP contribution is 2.35. The summed E-state index contributed by atoms with van der Waals surface area (Å²) < 4.78 is 17.3. The number of ether oxygens (including phenoxy) is 3. The summed E-state index contributed by atoms with van der Waals surface area (Å²) in [6.45, 7) is 5.62. The van der Waals surface area contributed by atoms with Crippen LogP contribution in [0.4, 0.5) is 16.2 Å². The fourth-order valence-corrected chi connectivity index (χ4v) is 5.90. The van der Waals surface area contributed by atoms with Crippen LogP contribution in [0.3, 0.4) is 0 Å². The highest BCUT2D eigenvalue weighted by Gasteiger charge is 2.33. The molecule has 0 bridgehead atoms. The van der Waals surface area contributed by atoms with Crippen molar-refractivity contribution in [2.45, 2.75) is 32.5 Å². The second-order valence-corrected chi connectivity index (χ2v) is 12.2. The van der Waals surface area contributed by atoms with E-state index in [0.717, 1.165) is 6.54 Å². The molecule has 4 aromatic rings. The highest BCUT2D eigenvalue weighted by atomic mass is 16.7. The molecule has 10 nitrogen and oxygen atoms in total. The van der Waals surface area contributed by atoms with Crippen molar-refractivity contribution in [2.75, 3.05) is 44.2 Å². The molecule has 3 N–H and O–H groups in total. The quantitative estimate of drug-likeness (QED) is 0.204. The molecule has 0 saturated carbocycles. The smallest absolute Gasteiger partial charge is 0.323 e. The molecule has 6 rings (SSSR count). The number of carbonyl (C=O) groups excluding carboxylic acids is 2. The first-order chi connectivity index (χ1) is 22.8. The van der Waals surface area contributed by atoms with Crippen molar-refractivity contribution in [2.24, 2.45) is 5.92 Å². The minimum atomic E-state index is -0.478. The number of fused-ring (bicyclic) bond motifs is 2. The molecule has 0 aliphatic carbocycles. The third-order valence-corrected chi connectivity index (χ3v) is 8.56. The first kappa shape index (κ1) is 31.9. The zero-order chi connectivity index (χ0) is 32.9. The first-order valence-corrected chi connectivity index (χ1v) is 15.8. The molecule has 0 radical (unpaired) electrons. The SMILES string of the molecule is C[C@H]1CN([C@@H](C)CO)C(=O)c2cc(NC(=O)Nc3ccc4c(c3)OCO4)ccc2O[C@@H]1CN(C)Cc1ccc(-c2ccccc2)cc1. The summed E-state index contributed by atoms with van der Waals surface area (Å²) in [5, 5.41) is 15.6. The van der Waals surface area contributed by atoms with Crippen LogP contribution in [0, 0.1) is 5.92 Å². The zero-order valence-corrected chi connectivity index (χ0v) is 26.8. The average Bonchev–Trinajstić information content (AvgIpc) is 3.55. The Bertz CT molecular complexity index is 1710. The van der Waals surface area contributed by atoms with E-state index in [2.05, 4.69) is 65.9 Å². The monoisotopic (exact) mass is 636 g/mol. The molecule has 2 heterocycles. The number of carbonyl (C=O) groups is 2. The van der Waals surface area contributed by atoms with E-state index in [1.807, 2.05) is 25.1 Å². The van der Waals surface area contributed by atoms with Crippen LogP contribution in [0.15, 0.2) is 91.0 Å². The second kappa shape index (κ2) is 14.1. The van der Waals surface area contributed by atoms with Gasteiger partial charge in [0.05, 0.1) is 18.2 Å². The average molecular weight is 637 g/mol. The lowest BCUT2D eigenvalue weighted by Gasteiger charge is -2.38. The molecular formula is C37H40N4O6. The van der Waals surface area contributed by atoms with E-state index in [-0.39, 0.29) is 31.3 Å². The number of nitrogens with zero attached hydrogens (tertiary/aromatic N) is 2. The number of hydrogen-bond donors (Lipinski definition) is 3. The predicted molar refractivity (Wildman–Crippen MR) is 181 cm³/mol. The first-order valence-electron chi connectivity index (χ1n) is 15.8. The minimum absolute atomic E-state index is 0.0192. The Morgan fingerprint density at radius 2 is 1.57 bits per heavy atom. The maximum absolute atomic E-state index is 13.8. The van der Waals surface area contributed by atoms with Gasteiger partial charge < -0.3 is 34.9 Å². The minimum Gasteiger partial charge on any atom is -0.488 e. The topological polar surface area (TPSA) is 113 Å². The van der Waals surface area contributed by atoms with Gasteiger partial charge >= 0.3 is 6.03 Å². The van der Waals surface area contributed by atoms with Crippen LogP contribution < -0.4 is 24.8 Å². The Balaban J connectivity index is 1.17. The van der Waals surface area contributed by atoms with Gasteiger partial charge in [0.1, 0.15) is 11.9 Å². The van der Waals surface area contributed by atoms with Gasteiger partial charge in [0.2, 0.25) is 6.79 Å². The Morgan fingerprint density at radius 3 is 2.30 bits per heavy atom. The molecule has 0 saturated heterocycles. The van der Waals surface area contributed by atoms with Gasteiger partial charge in [-0.15, -0.1) is 0 Å². The molecule has 0 fully saturated rings. The van der Waals surface area contributed by atoms with Crippen molar-refractivity contribution in [3.05, 3.63) is 102 Å². The van der Waals surface area contributed by atoms with Crippen LogP contribution in [0.1, 0.15) is 29.8 Å². The molecule has 2 aliphatic rings. The Kier molecular flexibility index (Phi) is 9.60. The van der Waals surface area contributed by atoms with Crippen molar-refractivity contribution < 1.29 is 28.9 Å². The highest BCUT2D eigenvalue weighted by molar-refractivity contribution is 6.02. The molecule has 0 aromatic heterocycles. The molecule has 10 heteroatoms. The van der Waals surface area contributed by atoms with Crippen molar-refractivity contribution in [1.82, 2.24) is 9.80 Å². The molecule has 0 unspecified atom stereocenters. The molecule has 244 valence electrons. The number of aliphatic hydroxyl groups is 1. The van der Waals surface area contributed by atoms with Gasteiger partial charge in [-0.3, -0.25) is 9.69 Å². The van der Waals surface area contributed by atoms with E-state index in [1.165, 1.54) is 16.7 Å². The predicted octanol–water partition coefficient (Wildman–Crippen LogP) is 6.08.